The molecular weight excluding hydrogens is 573 g/mol. The third-order valence-electron chi connectivity index (χ3n) is 8.65. The van der Waals surface area contributed by atoms with Crippen molar-refractivity contribution in [3.63, 3.8) is 0 Å². The van der Waals surface area contributed by atoms with Crippen LogP contribution in [0.25, 0.3) is 11.1 Å². The highest BCUT2D eigenvalue weighted by Gasteiger charge is 2.33. The molecule has 1 saturated heterocycles. The molecule has 10 heteroatoms. The number of carbonyl (C=O) groups is 1. The van der Waals surface area contributed by atoms with E-state index < -0.39 is 16.1 Å². The summed E-state index contributed by atoms with van der Waals surface area (Å²) in [5.74, 6) is 1.53. The van der Waals surface area contributed by atoms with Crippen LogP contribution in [0.5, 0.6) is 17.2 Å². The average Bonchev–Trinajstić information content (AvgIpc) is 3.66. The van der Waals surface area contributed by atoms with Crippen LogP contribution in [0.1, 0.15) is 59.1 Å². The first-order valence-corrected chi connectivity index (χ1v) is 16.3. The summed E-state index contributed by atoms with van der Waals surface area (Å²) >= 11 is 0. The highest BCUT2D eigenvalue weighted by molar-refractivity contribution is 7.89. The van der Waals surface area contributed by atoms with E-state index in [2.05, 4.69) is 0 Å². The SMILES string of the molecule is COC(=O)C[C@@H]1COc2cc(O[C@@H]3CCc4c(-c5c(C)cc(OCCN6CCCS6(=O)=O)cc5C)ccc(F)c43)ccc21. The fourth-order valence-corrected chi connectivity index (χ4v) is 8.13. The van der Waals surface area contributed by atoms with Crippen molar-refractivity contribution in [3.05, 3.63) is 76.1 Å². The molecule has 0 radical (unpaired) electrons. The predicted octanol–water partition coefficient (Wildman–Crippen LogP) is 5.63. The smallest absolute Gasteiger partial charge is 0.306 e. The second-order valence-electron chi connectivity index (χ2n) is 11.5. The van der Waals surface area contributed by atoms with Gasteiger partial charge in [-0.15, -0.1) is 0 Å². The lowest BCUT2D eigenvalue weighted by atomic mass is 9.90. The molecule has 0 N–H and O–H groups in total. The van der Waals surface area contributed by atoms with Gasteiger partial charge in [0.05, 0.1) is 25.9 Å². The highest BCUT2D eigenvalue weighted by Crippen LogP contribution is 2.45. The zero-order valence-corrected chi connectivity index (χ0v) is 25.5. The van der Waals surface area contributed by atoms with Gasteiger partial charge in [0.1, 0.15) is 35.8 Å². The molecule has 0 aromatic heterocycles. The quantitative estimate of drug-likeness (QED) is 0.291. The second kappa shape index (κ2) is 11.8. The molecule has 6 rings (SSSR count). The van der Waals surface area contributed by atoms with E-state index in [0.717, 1.165) is 33.4 Å². The Bertz CT molecular complexity index is 1650. The van der Waals surface area contributed by atoms with Crippen molar-refractivity contribution < 1.29 is 36.6 Å². The molecule has 1 aliphatic carbocycles. The van der Waals surface area contributed by atoms with Gasteiger partial charge in [0.2, 0.25) is 10.0 Å². The lowest BCUT2D eigenvalue weighted by Crippen LogP contribution is -2.30. The van der Waals surface area contributed by atoms with Gasteiger partial charge in [0, 0.05) is 36.2 Å². The number of sulfonamides is 1. The number of methoxy groups -OCH3 is 1. The summed E-state index contributed by atoms with van der Waals surface area (Å²) < 4.78 is 63.9. The van der Waals surface area contributed by atoms with E-state index in [9.17, 15) is 13.2 Å². The van der Waals surface area contributed by atoms with Gasteiger partial charge in [0.15, 0.2) is 0 Å². The Balaban J connectivity index is 1.19. The number of hydrogen-bond acceptors (Lipinski definition) is 7. The molecule has 2 atom stereocenters. The fraction of sp³-hybridized carbons (Fsp3) is 0.424. The number of rotatable bonds is 9. The molecule has 0 bridgehead atoms. The normalized spacial score (nSPS) is 20.4. The molecule has 1 fully saturated rings. The van der Waals surface area contributed by atoms with E-state index >= 15 is 4.39 Å². The number of benzene rings is 3. The Labute approximate surface area is 251 Å². The van der Waals surface area contributed by atoms with Crippen LogP contribution in [0, 0.1) is 19.7 Å². The van der Waals surface area contributed by atoms with Crippen LogP contribution in [0.4, 0.5) is 4.39 Å². The van der Waals surface area contributed by atoms with Gasteiger partial charge < -0.3 is 18.9 Å². The molecule has 8 nitrogen and oxygen atoms in total. The predicted molar refractivity (Wildman–Crippen MR) is 160 cm³/mol. The summed E-state index contributed by atoms with van der Waals surface area (Å²) in [6, 6.07) is 12.8. The van der Waals surface area contributed by atoms with Crippen molar-refractivity contribution in [1.29, 1.82) is 0 Å². The number of esters is 1. The molecule has 0 amide bonds. The van der Waals surface area contributed by atoms with Gasteiger partial charge in [-0.3, -0.25) is 4.79 Å². The minimum absolute atomic E-state index is 0.0619. The Morgan fingerprint density at radius 2 is 1.88 bits per heavy atom. The van der Waals surface area contributed by atoms with Crippen molar-refractivity contribution in [2.24, 2.45) is 0 Å². The third-order valence-corrected chi connectivity index (χ3v) is 10.6. The minimum atomic E-state index is -3.15. The van der Waals surface area contributed by atoms with Gasteiger partial charge in [-0.25, -0.2) is 12.8 Å². The van der Waals surface area contributed by atoms with Crippen molar-refractivity contribution >= 4 is 16.0 Å². The maximum Gasteiger partial charge on any atom is 0.306 e. The number of ether oxygens (including phenoxy) is 4. The lowest BCUT2D eigenvalue weighted by molar-refractivity contribution is -0.141. The van der Waals surface area contributed by atoms with E-state index in [0.29, 0.717) is 61.8 Å². The van der Waals surface area contributed by atoms with Crippen LogP contribution < -0.4 is 14.2 Å². The van der Waals surface area contributed by atoms with E-state index in [1.807, 2.05) is 50.2 Å². The molecule has 0 saturated carbocycles. The largest absolute Gasteiger partial charge is 0.492 e. The number of fused-ring (bicyclic) bond motifs is 2. The topological polar surface area (TPSA) is 91.4 Å². The highest BCUT2D eigenvalue weighted by atomic mass is 32.2. The van der Waals surface area contributed by atoms with Crippen molar-refractivity contribution in [2.45, 2.75) is 51.6 Å². The molecular formula is C33H36FNO7S. The molecule has 43 heavy (non-hydrogen) atoms. The average molecular weight is 610 g/mol. The number of carbonyl (C=O) groups excluding carboxylic acids is 1. The van der Waals surface area contributed by atoms with E-state index in [1.54, 1.807) is 0 Å². The van der Waals surface area contributed by atoms with Crippen LogP contribution in [-0.2, 0) is 26.0 Å². The van der Waals surface area contributed by atoms with E-state index in [-0.39, 0.29) is 36.5 Å². The molecule has 2 heterocycles. The Morgan fingerprint density at radius 3 is 2.60 bits per heavy atom. The van der Waals surface area contributed by atoms with Gasteiger partial charge in [-0.05, 0) is 85.2 Å². The number of halogens is 1. The molecule has 0 unspecified atom stereocenters. The van der Waals surface area contributed by atoms with Crippen molar-refractivity contribution in [3.8, 4) is 28.4 Å². The Morgan fingerprint density at radius 1 is 1.09 bits per heavy atom. The first-order valence-electron chi connectivity index (χ1n) is 14.7. The summed E-state index contributed by atoms with van der Waals surface area (Å²) in [5.41, 5.74) is 6.48. The monoisotopic (exact) mass is 609 g/mol. The van der Waals surface area contributed by atoms with E-state index in [1.165, 1.54) is 17.5 Å². The summed E-state index contributed by atoms with van der Waals surface area (Å²) in [4.78, 5) is 11.8. The maximum absolute atomic E-state index is 15.3. The van der Waals surface area contributed by atoms with Crippen LogP contribution >= 0.6 is 0 Å². The summed E-state index contributed by atoms with van der Waals surface area (Å²) in [7, 11) is -1.78. The standard InChI is InChI=1S/C33H36FNO7S/c1-20-15-24(40-13-12-35-11-4-14-43(35,37)38)16-21(2)32(20)26-7-9-28(34)33-27(26)8-10-29(33)42-23-5-6-25-22(17-31(36)39-3)19-41-30(25)18-23/h5-7,9,15-16,18,22,29H,4,8,10-14,17,19H2,1-3H3/t22-,29-/m1/s1. The van der Waals surface area contributed by atoms with Gasteiger partial charge in [-0.1, -0.05) is 12.1 Å². The molecule has 3 aromatic rings. The Kier molecular flexibility index (Phi) is 8.08. The summed E-state index contributed by atoms with van der Waals surface area (Å²) in [6.07, 6.45) is 1.79. The van der Waals surface area contributed by atoms with Gasteiger partial charge in [0.25, 0.3) is 0 Å². The van der Waals surface area contributed by atoms with Crippen LogP contribution in [0.15, 0.2) is 42.5 Å². The van der Waals surface area contributed by atoms with Crippen molar-refractivity contribution in [2.75, 3.05) is 39.2 Å². The Hall–Kier alpha value is -3.63. The zero-order valence-electron chi connectivity index (χ0n) is 24.7. The zero-order chi connectivity index (χ0) is 30.3. The minimum Gasteiger partial charge on any atom is -0.492 e. The van der Waals surface area contributed by atoms with Crippen molar-refractivity contribution in [1.82, 2.24) is 4.31 Å². The molecule has 0 spiro atoms. The van der Waals surface area contributed by atoms with Crippen LogP contribution in [0.2, 0.25) is 0 Å². The molecule has 3 aromatic carbocycles. The van der Waals surface area contributed by atoms with Crippen LogP contribution in [-0.4, -0.2) is 57.9 Å². The first kappa shape index (κ1) is 29.4. The maximum atomic E-state index is 15.3. The first-order chi connectivity index (χ1) is 20.6. The number of nitrogens with zero attached hydrogens (tertiary/aromatic N) is 1. The summed E-state index contributed by atoms with van der Waals surface area (Å²) in [5, 5.41) is 0. The molecule has 228 valence electrons. The number of aryl methyl sites for hydroxylation is 2. The van der Waals surface area contributed by atoms with Crippen LogP contribution in [0.3, 0.4) is 0 Å². The molecule has 2 aliphatic heterocycles. The third kappa shape index (κ3) is 5.82. The van der Waals surface area contributed by atoms with Gasteiger partial charge in [-0.2, -0.15) is 4.31 Å². The summed E-state index contributed by atoms with van der Waals surface area (Å²) in [6.45, 7) is 5.58. The van der Waals surface area contributed by atoms with Gasteiger partial charge >= 0.3 is 5.97 Å². The lowest BCUT2D eigenvalue weighted by Gasteiger charge is -2.19. The van der Waals surface area contributed by atoms with E-state index in [4.69, 9.17) is 18.9 Å². The molecule has 3 aliphatic rings. The fourth-order valence-electron chi connectivity index (χ4n) is 6.61. The number of hydrogen-bond donors (Lipinski definition) is 0. The second-order valence-corrected chi connectivity index (χ2v) is 13.6.